The SMILES string of the molecule is C#CCNCc1ccc(O)c(Br)c1. The number of phenolic OH excluding ortho intramolecular Hbond substituents is 1. The summed E-state index contributed by atoms with van der Waals surface area (Å²) in [6, 6.07) is 5.36. The van der Waals surface area contributed by atoms with Crippen LogP contribution in [0.1, 0.15) is 5.56 Å². The Kier molecular flexibility index (Phi) is 3.81. The van der Waals surface area contributed by atoms with Crippen LogP contribution in [-0.4, -0.2) is 11.7 Å². The van der Waals surface area contributed by atoms with E-state index < -0.39 is 0 Å². The first-order valence-electron chi connectivity index (χ1n) is 3.85. The van der Waals surface area contributed by atoms with Crippen molar-refractivity contribution in [2.45, 2.75) is 6.54 Å². The van der Waals surface area contributed by atoms with Gasteiger partial charge in [-0.25, -0.2) is 0 Å². The van der Waals surface area contributed by atoms with E-state index in [9.17, 15) is 5.11 Å². The molecule has 3 heteroatoms. The van der Waals surface area contributed by atoms with Gasteiger partial charge in [-0.1, -0.05) is 12.0 Å². The van der Waals surface area contributed by atoms with Gasteiger partial charge in [0.05, 0.1) is 11.0 Å². The van der Waals surface area contributed by atoms with Crippen molar-refractivity contribution in [3.63, 3.8) is 0 Å². The van der Waals surface area contributed by atoms with Crippen LogP contribution in [0.15, 0.2) is 22.7 Å². The van der Waals surface area contributed by atoms with Gasteiger partial charge >= 0.3 is 0 Å². The van der Waals surface area contributed by atoms with Crippen LogP contribution < -0.4 is 5.32 Å². The molecule has 0 atom stereocenters. The smallest absolute Gasteiger partial charge is 0.129 e. The Labute approximate surface area is 86.1 Å². The van der Waals surface area contributed by atoms with Gasteiger partial charge in [-0.2, -0.15) is 0 Å². The largest absolute Gasteiger partial charge is 0.507 e. The van der Waals surface area contributed by atoms with E-state index in [1.807, 2.05) is 12.1 Å². The van der Waals surface area contributed by atoms with Crippen molar-refractivity contribution >= 4 is 15.9 Å². The summed E-state index contributed by atoms with van der Waals surface area (Å²) < 4.78 is 0.701. The number of phenols is 1. The van der Waals surface area contributed by atoms with Gasteiger partial charge < -0.3 is 10.4 Å². The number of rotatable bonds is 3. The highest BCUT2D eigenvalue weighted by Gasteiger charge is 1.98. The minimum atomic E-state index is 0.251. The lowest BCUT2D eigenvalue weighted by Crippen LogP contribution is -2.12. The molecule has 0 aliphatic heterocycles. The van der Waals surface area contributed by atoms with Crippen molar-refractivity contribution in [2.24, 2.45) is 0 Å². The maximum Gasteiger partial charge on any atom is 0.129 e. The molecular formula is C10H10BrNO. The molecule has 0 bridgehead atoms. The molecule has 13 heavy (non-hydrogen) atoms. The van der Waals surface area contributed by atoms with Gasteiger partial charge in [0, 0.05) is 6.54 Å². The highest BCUT2D eigenvalue weighted by Crippen LogP contribution is 2.23. The quantitative estimate of drug-likeness (QED) is 0.624. The molecule has 0 aromatic heterocycles. The van der Waals surface area contributed by atoms with E-state index in [1.54, 1.807) is 6.07 Å². The van der Waals surface area contributed by atoms with E-state index in [2.05, 4.69) is 27.2 Å². The highest BCUT2D eigenvalue weighted by molar-refractivity contribution is 9.10. The third-order valence-corrected chi connectivity index (χ3v) is 2.20. The van der Waals surface area contributed by atoms with Crippen LogP contribution in [0.2, 0.25) is 0 Å². The predicted molar refractivity (Wildman–Crippen MR) is 56.3 cm³/mol. The summed E-state index contributed by atoms with van der Waals surface area (Å²) in [7, 11) is 0. The number of hydrogen-bond acceptors (Lipinski definition) is 2. The van der Waals surface area contributed by atoms with E-state index in [0.717, 1.165) is 5.56 Å². The molecule has 0 unspecified atom stereocenters. The van der Waals surface area contributed by atoms with Gasteiger partial charge in [0.1, 0.15) is 5.75 Å². The van der Waals surface area contributed by atoms with Crippen LogP contribution >= 0.6 is 15.9 Å². The summed E-state index contributed by atoms with van der Waals surface area (Å²) in [5.41, 5.74) is 1.08. The second kappa shape index (κ2) is 4.90. The van der Waals surface area contributed by atoms with Gasteiger partial charge in [-0.3, -0.25) is 0 Å². The average molecular weight is 240 g/mol. The van der Waals surface area contributed by atoms with Crippen molar-refractivity contribution in [1.29, 1.82) is 0 Å². The fourth-order valence-electron chi connectivity index (χ4n) is 0.939. The Morgan fingerprint density at radius 2 is 2.31 bits per heavy atom. The van der Waals surface area contributed by atoms with E-state index in [4.69, 9.17) is 6.42 Å². The lowest BCUT2D eigenvalue weighted by Gasteiger charge is -2.03. The molecule has 1 aromatic carbocycles. The third kappa shape index (κ3) is 3.10. The van der Waals surface area contributed by atoms with Gasteiger partial charge in [0.25, 0.3) is 0 Å². The number of nitrogens with one attached hydrogen (secondary N) is 1. The van der Waals surface area contributed by atoms with E-state index in [1.165, 1.54) is 0 Å². The lowest BCUT2D eigenvalue weighted by molar-refractivity contribution is 0.471. The number of halogens is 1. The maximum atomic E-state index is 9.22. The Bertz CT molecular complexity index is 330. The van der Waals surface area contributed by atoms with Crippen LogP contribution in [0.4, 0.5) is 0 Å². The molecule has 0 spiro atoms. The molecule has 68 valence electrons. The highest BCUT2D eigenvalue weighted by atomic mass is 79.9. The standard InChI is InChI=1S/C10H10BrNO/c1-2-5-12-7-8-3-4-10(13)9(11)6-8/h1,3-4,6,12-13H,5,7H2. The molecule has 0 saturated heterocycles. The first-order valence-corrected chi connectivity index (χ1v) is 4.65. The average Bonchev–Trinajstić information content (AvgIpc) is 2.12. The second-order valence-electron chi connectivity index (χ2n) is 2.59. The zero-order valence-electron chi connectivity index (χ0n) is 7.05. The number of hydrogen-bond donors (Lipinski definition) is 2. The van der Waals surface area contributed by atoms with Crippen molar-refractivity contribution in [2.75, 3.05) is 6.54 Å². The summed E-state index contributed by atoms with van der Waals surface area (Å²) >= 11 is 3.24. The lowest BCUT2D eigenvalue weighted by atomic mass is 10.2. The molecule has 0 fully saturated rings. The fraction of sp³-hybridized carbons (Fsp3) is 0.200. The molecule has 1 aromatic rings. The number of benzene rings is 1. The third-order valence-electron chi connectivity index (χ3n) is 1.57. The molecule has 0 aliphatic carbocycles. The molecule has 0 amide bonds. The summed E-state index contributed by atoms with van der Waals surface area (Å²) in [4.78, 5) is 0. The van der Waals surface area contributed by atoms with Crippen molar-refractivity contribution < 1.29 is 5.11 Å². The first-order chi connectivity index (χ1) is 6.24. The van der Waals surface area contributed by atoms with E-state index >= 15 is 0 Å². The minimum absolute atomic E-state index is 0.251. The molecule has 0 radical (unpaired) electrons. The van der Waals surface area contributed by atoms with Crippen LogP contribution in [0.25, 0.3) is 0 Å². The zero-order valence-corrected chi connectivity index (χ0v) is 8.63. The molecule has 0 aliphatic rings. The normalized spacial score (nSPS) is 9.54. The topological polar surface area (TPSA) is 32.3 Å². The van der Waals surface area contributed by atoms with Crippen molar-refractivity contribution in [1.82, 2.24) is 5.32 Å². The summed E-state index contributed by atoms with van der Waals surface area (Å²) in [5, 5.41) is 12.3. The Morgan fingerprint density at radius 1 is 1.54 bits per heavy atom. The molecule has 0 saturated carbocycles. The number of terminal acetylenes is 1. The maximum absolute atomic E-state index is 9.22. The Balaban J connectivity index is 2.59. The minimum Gasteiger partial charge on any atom is -0.507 e. The van der Waals surface area contributed by atoms with Gasteiger partial charge in [-0.05, 0) is 33.6 Å². The molecule has 2 nitrogen and oxygen atoms in total. The Hall–Kier alpha value is -0.980. The van der Waals surface area contributed by atoms with Gasteiger partial charge in [0.15, 0.2) is 0 Å². The molecule has 0 heterocycles. The zero-order chi connectivity index (χ0) is 9.68. The number of aromatic hydroxyl groups is 1. The summed E-state index contributed by atoms with van der Waals surface area (Å²) in [5.74, 6) is 2.74. The predicted octanol–water partition coefficient (Wildman–Crippen LogP) is 1.88. The molecule has 2 N–H and O–H groups in total. The van der Waals surface area contributed by atoms with E-state index in [0.29, 0.717) is 17.6 Å². The first kappa shape index (κ1) is 10.1. The van der Waals surface area contributed by atoms with Crippen LogP contribution in [0, 0.1) is 12.3 Å². The second-order valence-corrected chi connectivity index (χ2v) is 3.45. The van der Waals surface area contributed by atoms with Crippen molar-refractivity contribution in [3.8, 4) is 18.1 Å². The van der Waals surface area contributed by atoms with E-state index in [-0.39, 0.29) is 5.75 Å². The molecular weight excluding hydrogens is 230 g/mol. The van der Waals surface area contributed by atoms with Crippen LogP contribution in [0.5, 0.6) is 5.75 Å². The van der Waals surface area contributed by atoms with Gasteiger partial charge in [-0.15, -0.1) is 6.42 Å². The van der Waals surface area contributed by atoms with Gasteiger partial charge in [0.2, 0.25) is 0 Å². The molecule has 1 rings (SSSR count). The monoisotopic (exact) mass is 239 g/mol. The van der Waals surface area contributed by atoms with Crippen LogP contribution in [-0.2, 0) is 6.54 Å². The van der Waals surface area contributed by atoms with Crippen molar-refractivity contribution in [3.05, 3.63) is 28.2 Å². The van der Waals surface area contributed by atoms with Crippen LogP contribution in [0.3, 0.4) is 0 Å². The fourth-order valence-corrected chi connectivity index (χ4v) is 1.37. The summed E-state index contributed by atoms with van der Waals surface area (Å²) in [6.07, 6.45) is 5.08. The summed E-state index contributed by atoms with van der Waals surface area (Å²) in [6.45, 7) is 1.27. The Morgan fingerprint density at radius 3 is 2.92 bits per heavy atom.